The largest absolute Gasteiger partial charge is 0.485 e. The molecule has 0 unspecified atom stereocenters. The molecule has 23 valence electrons. The zero-order valence-electron chi connectivity index (χ0n) is 2.43. The molecule has 0 rings (SSSR count). The Morgan fingerprint density at radius 2 is 2.25 bits per heavy atom. The lowest BCUT2D eigenvalue weighted by Crippen LogP contribution is -1.71. The minimum atomic E-state index is 0.625. The van der Waals surface area contributed by atoms with Crippen LogP contribution >= 0.6 is 0 Å². The lowest BCUT2D eigenvalue weighted by atomic mass is 11.5. The molecule has 0 amide bonds. The smallest absolute Gasteiger partial charge is 0.195 e. The van der Waals surface area contributed by atoms with Gasteiger partial charge in [0.25, 0.3) is 0 Å². The van der Waals surface area contributed by atoms with E-state index in [-0.39, 0.29) is 0 Å². The highest BCUT2D eigenvalue weighted by atomic mass is 16.5. The standard InChI is InChI=1S/C2H4NO/c1-4-2-3/h2H,1H3. The minimum Gasteiger partial charge on any atom is -0.485 e. The van der Waals surface area contributed by atoms with E-state index >= 15 is 0 Å². The average Bonchev–Trinajstić information content (AvgIpc) is 1.37. The van der Waals surface area contributed by atoms with Crippen LogP contribution in [0, 0.1) is 0 Å². The third-order valence-electron chi connectivity index (χ3n) is 0.105. The molecule has 0 aliphatic heterocycles. The third kappa shape index (κ3) is 1.47. The maximum absolute atomic E-state index is 7.53. The van der Waals surface area contributed by atoms with Crippen molar-refractivity contribution in [2.24, 2.45) is 0 Å². The number of hydrogen-bond acceptors (Lipinski definition) is 1. The first-order valence-electron chi connectivity index (χ1n) is 0.902. The van der Waals surface area contributed by atoms with Crippen molar-refractivity contribution in [3.05, 3.63) is 0 Å². The molecule has 1 radical (unpaired) electrons. The van der Waals surface area contributed by atoms with E-state index in [2.05, 4.69) is 4.74 Å². The fraction of sp³-hybridized carbons (Fsp3) is 0.500. The van der Waals surface area contributed by atoms with Gasteiger partial charge in [0.15, 0.2) is 6.40 Å². The summed E-state index contributed by atoms with van der Waals surface area (Å²) in [6.07, 6.45) is 0.625. The van der Waals surface area contributed by atoms with Gasteiger partial charge in [-0.2, -0.15) is 0 Å². The second-order valence-electron chi connectivity index (χ2n) is 0.341. The maximum Gasteiger partial charge on any atom is 0.195 e. The van der Waals surface area contributed by atoms with Crippen LogP contribution in [0.15, 0.2) is 0 Å². The van der Waals surface area contributed by atoms with Crippen LogP contribution in [0.25, 0.3) is 0 Å². The molecule has 0 atom stereocenters. The summed E-state index contributed by atoms with van der Waals surface area (Å²) in [6, 6.07) is 0. The van der Waals surface area contributed by atoms with Crippen molar-refractivity contribution in [1.29, 1.82) is 0 Å². The Bertz CT molecular complexity index is 20.0. The average molecular weight is 58.1 g/mol. The molecular weight excluding hydrogens is 54.0 g/mol. The molecule has 0 spiro atoms. The summed E-state index contributed by atoms with van der Waals surface area (Å²) < 4.78 is 3.97. The first-order valence-corrected chi connectivity index (χ1v) is 0.902. The number of nitrogens with zero attached hydrogens (tertiary/aromatic N) is 1. The molecule has 0 saturated heterocycles. The summed E-state index contributed by atoms with van der Waals surface area (Å²) in [6.45, 7) is 0. The topological polar surface area (TPSA) is 31.5 Å². The van der Waals surface area contributed by atoms with E-state index in [1.165, 1.54) is 7.11 Å². The monoisotopic (exact) mass is 58.0 g/mol. The summed E-state index contributed by atoms with van der Waals surface area (Å²) in [4.78, 5) is 0. The van der Waals surface area contributed by atoms with Gasteiger partial charge in [-0.15, -0.1) is 5.41 Å². The zero-order valence-corrected chi connectivity index (χ0v) is 2.43. The van der Waals surface area contributed by atoms with Crippen LogP contribution < -0.4 is 5.41 Å². The highest BCUT2D eigenvalue weighted by Gasteiger charge is 1.41. The van der Waals surface area contributed by atoms with Crippen LogP contribution in [0.4, 0.5) is 0 Å². The van der Waals surface area contributed by atoms with Gasteiger partial charge < -0.3 is 4.74 Å². The molecule has 2 heteroatoms. The summed E-state index contributed by atoms with van der Waals surface area (Å²) >= 11 is 0. The Balaban J connectivity index is 2.30. The summed E-state index contributed by atoms with van der Waals surface area (Å²) in [7, 11) is 1.38. The predicted octanol–water partition coefficient (Wildman–Crippen LogP) is -0.539. The summed E-state index contributed by atoms with van der Waals surface area (Å²) in [5.41, 5.74) is 0. The van der Waals surface area contributed by atoms with Crippen molar-refractivity contribution < 1.29 is 4.74 Å². The Hall–Kier alpha value is -0.530. The molecule has 2 nitrogen and oxygen atoms in total. The molecule has 0 aromatic rings. The van der Waals surface area contributed by atoms with Gasteiger partial charge in [-0.1, -0.05) is 0 Å². The van der Waals surface area contributed by atoms with E-state index in [1.54, 1.807) is 0 Å². The van der Waals surface area contributed by atoms with Gasteiger partial charge in [0.2, 0.25) is 0 Å². The lowest BCUT2D eigenvalue weighted by molar-refractivity contribution is 0.423. The van der Waals surface area contributed by atoms with Crippen molar-refractivity contribution in [1.82, 2.24) is 5.41 Å². The molecular formula is C2H4NO. The summed E-state index contributed by atoms with van der Waals surface area (Å²) in [5, 5.41) is 7.53. The summed E-state index contributed by atoms with van der Waals surface area (Å²) in [5.74, 6) is 0. The van der Waals surface area contributed by atoms with Crippen LogP contribution in [0.5, 0.6) is 0 Å². The van der Waals surface area contributed by atoms with Gasteiger partial charge in [0, 0.05) is 0 Å². The predicted molar refractivity (Wildman–Crippen MR) is 15.2 cm³/mol. The van der Waals surface area contributed by atoms with Gasteiger partial charge in [-0.3, -0.25) is 0 Å². The lowest BCUT2D eigenvalue weighted by Gasteiger charge is -1.69. The Morgan fingerprint density at radius 1 is 2.00 bits per heavy atom. The van der Waals surface area contributed by atoms with Crippen molar-refractivity contribution >= 4 is 6.40 Å². The molecule has 0 aromatic heterocycles. The minimum absolute atomic E-state index is 0.625. The first kappa shape index (κ1) is 3.47. The van der Waals surface area contributed by atoms with Crippen LogP contribution in [-0.2, 0) is 4.74 Å². The van der Waals surface area contributed by atoms with Gasteiger partial charge in [-0.05, 0) is 0 Å². The molecule has 0 aliphatic rings. The van der Waals surface area contributed by atoms with Crippen LogP contribution in [-0.4, -0.2) is 13.5 Å². The molecule has 0 N–H and O–H groups in total. The quantitative estimate of drug-likeness (QED) is 0.294. The Labute approximate surface area is 24.9 Å². The van der Waals surface area contributed by atoms with Crippen LogP contribution in [0.2, 0.25) is 0 Å². The number of rotatable bonds is 1. The third-order valence-corrected chi connectivity index (χ3v) is 0.105. The van der Waals surface area contributed by atoms with Crippen molar-refractivity contribution in [2.75, 3.05) is 7.11 Å². The molecule has 0 fully saturated rings. The van der Waals surface area contributed by atoms with E-state index in [4.69, 9.17) is 5.41 Å². The molecule has 0 aromatic carbocycles. The molecule has 0 bridgehead atoms. The van der Waals surface area contributed by atoms with Crippen molar-refractivity contribution in [3.63, 3.8) is 0 Å². The first-order chi connectivity index (χ1) is 1.91. The second kappa shape index (κ2) is 2.47. The Kier molecular flexibility index (Phi) is 2.14. The maximum atomic E-state index is 7.53. The van der Waals surface area contributed by atoms with Crippen molar-refractivity contribution in [2.45, 2.75) is 0 Å². The molecule has 0 heterocycles. The Morgan fingerprint density at radius 3 is 2.25 bits per heavy atom. The molecule has 0 aliphatic carbocycles. The fourth-order valence-corrected chi connectivity index (χ4v) is 0. The van der Waals surface area contributed by atoms with E-state index in [0.29, 0.717) is 6.40 Å². The van der Waals surface area contributed by atoms with Crippen molar-refractivity contribution in [3.8, 4) is 0 Å². The van der Waals surface area contributed by atoms with E-state index in [9.17, 15) is 0 Å². The highest BCUT2D eigenvalue weighted by Crippen LogP contribution is 1.33. The van der Waals surface area contributed by atoms with Crippen LogP contribution in [0.1, 0.15) is 0 Å². The SMILES string of the molecule is COC=[N]. The zero-order chi connectivity index (χ0) is 3.41. The van der Waals surface area contributed by atoms with Gasteiger partial charge in [0.1, 0.15) is 0 Å². The van der Waals surface area contributed by atoms with E-state index < -0.39 is 0 Å². The van der Waals surface area contributed by atoms with E-state index in [0.717, 1.165) is 0 Å². The van der Waals surface area contributed by atoms with Crippen LogP contribution in [0.3, 0.4) is 0 Å². The highest BCUT2D eigenvalue weighted by molar-refractivity contribution is 5.41. The molecule has 4 heavy (non-hydrogen) atoms. The van der Waals surface area contributed by atoms with Gasteiger partial charge >= 0.3 is 0 Å². The molecule has 0 saturated carbocycles. The van der Waals surface area contributed by atoms with Gasteiger partial charge in [-0.25, -0.2) is 0 Å². The van der Waals surface area contributed by atoms with Gasteiger partial charge in [0.05, 0.1) is 7.11 Å². The normalized spacial score (nSPS) is 5.25. The van der Waals surface area contributed by atoms with E-state index in [1.807, 2.05) is 0 Å². The fourth-order valence-electron chi connectivity index (χ4n) is 0. The number of ether oxygens (including phenoxy) is 1. The second-order valence-corrected chi connectivity index (χ2v) is 0.341. The number of methoxy groups -OCH3 is 1. The number of hydrogen-bond donors (Lipinski definition) is 0.